The van der Waals surface area contributed by atoms with Gasteiger partial charge in [0.05, 0.1) is 13.7 Å². The normalized spacial score (nSPS) is 10.7. The van der Waals surface area contributed by atoms with Crippen LogP contribution in [-0.4, -0.2) is 41.7 Å². The fraction of sp³-hybridized carbons (Fsp3) is 0.318. The highest BCUT2D eigenvalue weighted by Crippen LogP contribution is 2.23. The van der Waals surface area contributed by atoms with Gasteiger partial charge in [-0.15, -0.1) is 0 Å². The van der Waals surface area contributed by atoms with Crippen LogP contribution in [0.4, 0.5) is 0 Å². The van der Waals surface area contributed by atoms with Crippen molar-refractivity contribution in [1.82, 2.24) is 15.0 Å². The molecule has 0 aliphatic heterocycles. The number of aromatic nitrogens is 2. The molecule has 29 heavy (non-hydrogen) atoms. The molecule has 7 nitrogen and oxygen atoms in total. The highest BCUT2D eigenvalue weighted by molar-refractivity contribution is 5.77. The molecule has 1 heterocycles. The molecule has 3 aromatic rings. The second kappa shape index (κ2) is 8.77. The number of hydrogen-bond donors (Lipinski definition) is 0. The van der Waals surface area contributed by atoms with Gasteiger partial charge in [0, 0.05) is 12.6 Å². The molecule has 152 valence electrons. The van der Waals surface area contributed by atoms with Crippen molar-refractivity contribution in [2.45, 2.75) is 27.3 Å². The van der Waals surface area contributed by atoms with Crippen LogP contribution in [0.15, 0.2) is 40.9 Å². The lowest BCUT2D eigenvalue weighted by Gasteiger charge is -2.17. The van der Waals surface area contributed by atoms with Crippen LogP contribution in [0.1, 0.15) is 22.6 Å². The van der Waals surface area contributed by atoms with Crippen LogP contribution < -0.4 is 9.47 Å². The van der Waals surface area contributed by atoms with Crippen molar-refractivity contribution in [3.63, 3.8) is 0 Å². The minimum absolute atomic E-state index is 0.0558. The number of nitrogens with zero attached hydrogens (tertiary/aromatic N) is 3. The number of likely N-dealkylation sites (N-methyl/N-ethyl adjacent to an activating group) is 1. The summed E-state index contributed by atoms with van der Waals surface area (Å²) in [6, 6.07) is 11.4. The van der Waals surface area contributed by atoms with E-state index < -0.39 is 0 Å². The first-order chi connectivity index (χ1) is 13.9. The maximum absolute atomic E-state index is 12.4. The number of benzene rings is 2. The minimum Gasteiger partial charge on any atom is -0.497 e. The highest BCUT2D eigenvalue weighted by atomic mass is 16.5. The van der Waals surface area contributed by atoms with Crippen molar-refractivity contribution in [2.24, 2.45) is 0 Å². The molecule has 2 aromatic carbocycles. The van der Waals surface area contributed by atoms with Crippen molar-refractivity contribution in [1.29, 1.82) is 0 Å². The average Bonchev–Trinajstić information content (AvgIpc) is 3.17. The summed E-state index contributed by atoms with van der Waals surface area (Å²) in [5, 5.41) is 3.98. The molecule has 0 saturated carbocycles. The number of amides is 1. The first kappa shape index (κ1) is 20.4. The Morgan fingerprint density at radius 3 is 2.55 bits per heavy atom. The largest absolute Gasteiger partial charge is 0.497 e. The zero-order chi connectivity index (χ0) is 21.0. The third-order valence-corrected chi connectivity index (χ3v) is 4.73. The van der Waals surface area contributed by atoms with E-state index in [0.717, 1.165) is 33.8 Å². The van der Waals surface area contributed by atoms with Crippen LogP contribution in [0, 0.1) is 20.8 Å². The molecule has 0 saturated heterocycles. The van der Waals surface area contributed by atoms with Crippen molar-refractivity contribution in [3.8, 4) is 22.9 Å². The summed E-state index contributed by atoms with van der Waals surface area (Å²) in [5.41, 5.74) is 4.08. The van der Waals surface area contributed by atoms with E-state index in [1.807, 2.05) is 51.1 Å². The van der Waals surface area contributed by atoms with E-state index in [9.17, 15) is 4.79 Å². The Hall–Kier alpha value is -3.35. The summed E-state index contributed by atoms with van der Waals surface area (Å²) in [7, 11) is 3.29. The molecular weight excluding hydrogens is 370 g/mol. The summed E-state index contributed by atoms with van der Waals surface area (Å²) in [6.07, 6.45) is 0. The standard InChI is InChI=1S/C22H25N3O4/c1-14-10-15(2)16(3)19(11-14)28-13-21(26)25(4)12-20-23-22(24-29-20)17-6-8-18(27-5)9-7-17/h6-11H,12-13H2,1-5H3. The maximum Gasteiger partial charge on any atom is 0.260 e. The molecular formula is C22H25N3O4. The number of carbonyl (C=O) groups excluding carboxylic acids is 1. The van der Waals surface area contributed by atoms with E-state index in [4.69, 9.17) is 14.0 Å². The lowest BCUT2D eigenvalue weighted by Crippen LogP contribution is -2.31. The Balaban J connectivity index is 1.59. The zero-order valence-electron chi connectivity index (χ0n) is 17.4. The summed E-state index contributed by atoms with van der Waals surface area (Å²) in [6.45, 7) is 6.16. The molecule has 3 rings (SSSR count). The molecule has 0 aliphatic rings. The predicted molar refractivity (Wildman–Crippen MR) is 109 cm³/mol. The Kier molecular flexibility index (Phi) is 6.16. The number of methoxy groups -OCH3 is 1. The van der Waals surface area contributed by atoms with E-state index >= 15 is 0 Å². The number of carbonyl (C=O) groups is 1. The van der Waals surface area contributed by atoms with Crippen LogP contribution in [0.2, 0.25) is 0 Å². The molecule has 0 bridgehead atoms. The van der Waals surface area contributed by atoms with Gasteiger partial charge in [-0.2, -0.15) is 4.98 Å². The van der Waals surface area contributed by atoms with Crippen molar-refractivity contribution >= 4 is 5.91 Å². The fourth-order valence-corrected chi connectivity index (χ4v) is 2.87. The second-order valence-corrected chi connectivity index (χ2v) is 6.98. The lowest BCUT2D eigenvalue weighted by atomic mass is 10.1. The molecule has 0 aliphatic carbocycles. The van der Waals surface area contributed by atoms with E-state index in [-0.39, 0.29) is 19.1 Å². The van der Waals surface area contributed by atoms with Gasteiger partial charge < -0.3 is 18.9 Å². The molecule has 0 spiro atoms. The second-order valence-electron chi connectivity index (χ2n) is 6.98. The number of rotatable bonds is 7. The first-order valence-electron chi connectivity index (χ1n) is 9.29. The van der Waals surface area contributed by atoms with Gasteiger partial charge in [0.2, 0.25) is 11.7 Å². The van der Waals surface area contributed by atoms with Crippen molar-refractivity contribution in [2.75, 3.05) is 20.8 Å². The summed E-state index contributed by atoms with van der Waals surface area (Å²) in [4.78, 5) is 18.3. The van der Waals surface area contributed by atoms with Gasteiger partial charge in [-0.25, -0.2) is 0 Å². The van der Waals surface area contributed by atoms with E-state index in [0.29, 0.717) is 11.7 Å². The van der Waals surface area contributed by atoms with Crippen LogP contribution in [-0.2, 0) is 11.3 Å². The fourth-order valence-electron chi connectivity index (χ4n) is 2.87. The van der Waals surface area contributed by atoms with Crippen molar-refractivity contribution in [3.05, 3.63) is 59.0 Å². The van der Waals surface area contributed by atoms with Crippen LogP contribution in [0.25, 0.3) is 11.4 Å². The Morgan fingerprint density at radius 2 is 1.86 bits per heavy atom. The van der Waals surface area contributed by atoms with Crippen LogP contribution >= 0.6 is 0 Å². The Labute approximate surface area is 170 Å². The summed E-state index contributed by atoms with van der Waals surface area (Å²) < 4.78 is 16.2. The smallest absolute Gasteiger partial charge is 0.260 e. The first-order valence-corrected chi connectivity index (χ1v) is 9.29. The van der Waals surface area contributed by atoms with E-state index in [2.05, 4.69) is 16.2 Å². The minimum atomic E-state index is -0.173. The summed E-state index contributed by atoms with van der Waals surface area (Å²) >= 11 is 0. The molecule has 0 atom stereocenters. The van der Waals surface area contributed by atoms with E-state index in [1.54, 1.807) is 14.2 Å². The molecule has 7 heteroatoms. The van der Waals surface area contributed by atoms with Gasteiger partial charge in [0.15, 0.2) is 6.61 Å². The summed E-state index contributed by atoms with van der Waals surface area (Å²) in [5.74, 6) is 2.12. The predicted octanol–water partition coefficient (Wildman–Crippen LogP) is 3.71. The van der Waals surface area contributed by atoms with Gasteiger partial charge in [-0.1, -0.05) is 11.2 Å². The van der Waals surface area contributed by atoms with E-state index in [1.165, 1.54) is 4.90 Å². The number of ether oxygens (including phenoxy) is 2. The average molecular weight is 395 g/mol. The third kappa shape index (κ3) is 4.93. The Morgan fingerprint density at radius 1 is 1.14 bits per heavy atom. The molecule has 0 N–H and O–H groups in total. The Bertz CT molecular complexity index is 996. The van der Waals surface area contributed by atoms with Crippen molar-refractivity contribution < 1.29 is 18.8 Å². The lowest BCUT2D eigenvalue weighted by molar-refractivity contribution is -0.132. The highest BCUT2D eigenvalue weighted by Gasteiger charge is 2.16. The molecule has 1 amide bonds. The number of hydrogen-bond acceptors (Lipinski definition) is 6. The number of aryl methyl sites for hydroxylation is 2. The maximum atomic E-state index is 12.4. The molecule has 0 radical (unpaired) electrons. The van der Waals surface area contributed by atoms with Gasteiger partial charge in [0.25, 0.3) is 5.91 Å². The van der Waals surface area contributed by atoms with Crippen LogP contribution in [0.5, 0.6) is 11.5 Å². The monoisotopic (exact) mass is 395 g/mol. The van der Waals surface area contributed by atoms with Gasteiger partial charge >= 0.3 is 0 Å². The quantitative estimate of drug-likeness (QED) is 0.607. The van der Waals surface area contributed by atoms with Gasteiger partial charge in [0.1, 0.15) is 11.5 Å². The van der Waals surface area contributed by atoms with Gasteiger partial charge in [-0.3, -0.25) is 4.79 Å². The SMILES string of the molecule is COc1ccc(-c2noc(CN(C)C(=O)COc3cc(C)cc(C)c3C)n2)cc1. The van der Waals surface area contributed by atoms with Crippen LogP contribution in [0.3, 0.4) is 0 Å². The molecule has 1 aromatic heterocycles. The molecule has 0 fully saturated rings. The topological polar surface area (TPSA) is 77.7 Å². The van der Waals surface area contributed by atoms with Gasteiger partial charge in [-0.05, 0) is 67.8 Å². The molecule has 0 unspecified atom stereocenters. The zero-order valence-corrected chi connectivity index (χ0v) is 17.4. The third-order valence-electron chi connectivity index (χ3n) is 4.73.